The third-order valence-corrected chi connectivity index (χ3v) is 6.94. The molecule has 11 heteroatoms. The Labute approximate surface area is 214 Å². The minimum atomic E-state index is -0.638. The minimum Gasteiger partial charge on any atom is -0.334 e. The van der Waals surface area contributed by atoms with Crippen LogP contribution in [-0.4, -0.2) is 66.3 Å². The molecule has 0 aromatic carbocycles. The van der Waals surface area contributed by atoms with Crippen molar-refractivity contribution in [3.8, 4) is 22.8 Å². The molecule has 5 rings (SSSR count). The van der Waals surface area contributed by atoms with Crippen LogP contribution in [0.2, 0.25) is 5.02 Å². The van der Waals surface area contributed by atoms with E-state index in [1.54, 1.807) is 12.4 Å². The molecule has 190 valence electrons. The van der Waals surface area contributed by atoms with Gasteiger partial charge in [0.1, 0.15) is 5.69 Å². The van der Waals surface area contributed by atoms with E-state index in [1.807, 2.05) is 12.1 Å². The first-order chi connectivity index (χ1) is 17.4. The molecule has 1 N–H and O–H groups in total. The summed E-state index contributed by atoms with van der Waals surface area (Å²) in [5.74, 6) is 0.518. The Morgan fingerprint density at radius 3 is 2.56 bits per heavy atom. The zero-order chi connectivity index (χ0) is 25.4. The maximum absolute atomic E-state index is 11.6. The van der Waals surface area contributed by atoms with Gasteiger partial charge in [0.25, 0.3) is 0 Å². The largest absolute Gasteiger partial charge is 0.439 e. The Morgan fingerprint density at radius 1 is 1.14 bits per heavy atom. The van der Waals surface area contributed by atoms with Crippen molar-refractivity contribution in [2.45, 2.75) is 59.2 Å². The summed E-state index contributed by atoms with van der Waals surface area (Å²) in [7, 11) is 0. The number of hydrogen-bond donors (Lipinski definition) is 1. The molecule has 4 aromatic heterocycles. The van der Waals surface area contributed by atoms with Gasteiger partial charge in [0.05, 0.1) is 21.7 Å². The molecular formula is C25H31ClN8O2. The number of unbranched alkanes of at least 4 members (excludes halogenated alkanes) is 1. The van der Waals surface area contributed by atoms with Crippen LogP contribution in [0.1, 0.15) is 40.5 Å². The number of anilines is 1. The molecule has 5 heterocycles. The fourth-order valence-electron chi connectivity index (χ4n) is 5.24. The number of halogens is 1. The number of fused-ring (bicyclic) bond motifs is 1. The molecule has 1 aliphatic rings. The van der Waals surface area contributed by atoms with Crippen molar-refractivity contribution >= 4 is 28.6 Å². The molecule has 1 aliphatic heterocycles. The second kappa shape index (κ2) is 10.0. The summed E-state index contributed by atoms with van der Waals surface area (Å²) in [6, 6.07) is 4.26. The summed E-state index contributed by atoms with van der Waals surface area (Å²) in [4.78, 5) is 33.5. The van der Waals surface area contributed by atoms with E-state index in [4.69, 9.17) is 26.1 Å². The molecule has 1 fully saturated rings. The lowest BCUT2D eigenvalue weighted by atomic mass is 10.1. The monoisotopic (exact) mass is 510 g/mol. The van der Waals surface area contributed by atoms with Crippen LogP contribution in [-0.2, 0) is 6.54 Å². The van der Waals surface area contributed by atoms with Gasteiger partial charge in [-0.3, -0.25) is 19.4 Å². The number of nitrogens with one attached hydrogen (secondary N) is 1. The number of aromatic nitrogens is 6. The average molecular weight is 511 g/mol. The highest BCUT2D eigenvalue weighted by atomic mass is 35.5. The molecule has 0 spiro atoms. The molecule has 4 aromatic rings. The van der Waals surface area contributed by atoms with Gasteiger partial charge in [0.15, 0.2) is 0 Å². The van der Waals surface area contributed by atoms with Crippen LogP contribution in [0.5, 0.6) is 0 Å². The van der Waals surface area contributed by atoms with Gasteiger partial charge in [-0.25, -0.2) is 14.8 Å². The first kappa shape index (κ1) is 24.5. The smallest absolute Gasteiger partial charge is 0.334 e. The Morgan fingerprint density at radius 2 is 1.92 bits per heavy atom. The Balaban J connectivity index is 1.67. The molecule has 2 atom stereocenters. The average Bonchev–Trinajstić information content (AvgIpc) is 3.45. The molecular weight excluding hydrogens is 480 g/mol. The van der Waals surface area contributed by atoms with Crippen molar-refractivity contribution in [2.75, 3.05) is 24.5 Å². The van der Waals surface area contributed by atoms with Crippen molar-refractivity contribution in [3.05, 3.63) is 40.1 Å². The van der Waals surface area contributed by atoms with E-state index in [1.165, 1.54) is 12.8 Å². The molecule has 0 saturated carbocycles. The second-order valence-corrected chi connectivity index (χ2v) is 9.87. The predicted molar refractivity (Wildman–Crippen MR) is 140 cm³/mol. The molecule has 0 bridgehead atoms. The lowest BCUT2D eigenvalue weighted by molar-refractivity contribution is 0.195. The number of pyridine rings is 2. The van der Waals surface area contributed by atoms with Crippen LogP contribution in [0.15, 0.2) is 33.8 Å². The van der Waals surface area contributed by atoms with Gasteiger partial charge in [0.2, 0.25) is 11.8 Å². The van der Waals surface area contributed by atoms with Crippen molar-refractivity contribution in [1.82, 2.24) is 34.6 Å². The fraction of sp³-hybridized carbons (Fsp3) is 0.480. The SMILES string of the molecule is CCCCN1CC(C)N(c2nc3cc(-c4noc(=O)[nH]4)nc(-c4cncc(Cl)c4)c3n2CC)C(C)C1. The van der Waals surface area contributed by atoms with Crippen molar-refractivity contribution in [2.24, 2.45) is 0 Å². The summed E-state index contributed by atoms with van der Waals surface area (Å²) in [6.07, 6.45) is 5.73. The number of aryl methyl sites for hydroxylation is 1. The highest BCUT2D eigenvalue weighted by molar-refractivity contribution is 6.30. The predicted octanol–water partition coefficient (Wildman–Crippen LogP) is 4.21. The summed E-state index contributed by atoms with van der Waals surface area (Å²) >= 11 is 6.29. The van der Waals surface area contributed by atoms with Gasteiger partial charge < -0.3 is 9.47 Å². The zero-order valence-corrected chi connectivity index (χ0v) is 21.8. The van der Waals surface area contributed by atoms with E-state index >= 15 is 0 Å². The third-order valence-electron chi connectivity index (χ3n) is 6.74. The minimum absolute atomic E-state index is 0.247. The molecule has 0 aliphatic carbocycles. The van der Waals surface area contributed by atoms with Gasteiger partial charge in [-0.2, -0.15) is 0 Å². The van der Waals surface area contributed by atoms with Gasteiger partial charge in [0, 0.05) is 49.7 Å². The van der Waals surface area contributed by atoms with E-state index in [9.17, 15) is 4.79 Å². The quantitative estimate of drug-likeness (QED) is 0.394. The number of H-pyrrole nitrogens is 1. The van der Waals surface area contributed by atoms with E-state index in [2.05, 4.69) is 57.2 Å². The summed E-state index contributed by atoms with van der Waals surface area (Å²) in [6.45, 7) is 12.7. The molecule has 1 saturated heterocycles. The number of nitrogens with zero attached hydrogens (tertiary/aromatic N) is 7. The topological polar surface area (TPSA) is 109 Å². The van der Waals surface area contributed by atoms with Crippen molar-refractivity contribution < 1.29 is 4.52 Å². The molecule has 0 radical (unpaired) electrons. The third kappa shape index (κ3) is 4.51. The number of hydrogen-bond acceptors (Lipinski definition) is 8. The lowest BCUT2D eigenvalue weighted by Gasteiger charge is -2.45. The van der Waals surface area contributed by atoms with Crippen LogP contribution in [0.4, 0.5) is 5.95 Å². The standard InChI is InChI=1S/C25H31ClN8O2/c1-5-7-8-32-13-15(3)34(16(4)14-32)24-29-19-10-20(23-30-25(35)36-31-23)28-21(22(19)33(24)6-2)17-9-18(26)12-27-11-17/h9-12,15-16H,5-8,13-14H2,1-4H3,(H,30,31,35). The van der Waals surface area contributed by atoms with Gasteiger partial charge in [-0.05, 0) is 45.9 Å². The van der Waals surface area contributed by atoms with Crippen LogP contribution in [0.25, 0.3) is 33.8 Å². The van der Waals surface area contributed by atoms with Crippen LogP contribution in [0, 0.1) is 0 Å². The van der Waals surface area contributed by atoms with Crippen molar-refractivity contribution in [3.63, 3.8) is 0 Å². The summed E-state index contributed by atoms with van der Waals surface area (Å²) < 4.78 is 6.94. The summed E-state index contributed by atoms with van der Waals surface area (Å²) in [5, 5.41) is 4.35. The van der Waals surface area contributed by atoms with Gasteiger partial charge in [-0.15, -0.1) is 0 Å². The Bertz CT molecular complexity index is 1420. The normalized spacial score (nSPS) is 18.9. The van der Waals surface area contributed by atoms with Gasteiger partial charge in [-0.1, -0.05) is 30.1 Å². The van der Waals surface area contributed by atoms with Crippen molar-refractivity contribution in [1.29, 1.82) is 0 Å². The zero-order valence-electron chi connectivity index (χ0n) is 21.0. The van der Waals surface area contributed by atoms with E-state index < -0.39 is 5.76 Å². The molecule has 36 heavy (non-hydrogen) atoms. The fourth-order valence-corrected chi connectivity index (χ4v) is 5.41. The summed E-state index contributed by atoms with van der Waals surface area (Å²) in [5.41, 5.74) is 3.53. The van der Waals surface area contributed by atoms with Crippen LogP contribution < -0.4 is 10.7 Å². The first-order valence-corrected chi connectivity index (χ1v) is 12.9. The maximum Gasteiger partial charge on any atom is 0.439 e. The van der Waals surface area contributed by atoms with E-state index in [0.717, 1.165) is 42.2 Å². The maximum atomic E-state index is 11.6. The highest BCUT2D eigenvalue weighted by Crippen LogP contribution is 2.35. The van der Waals surface area contributed by atoms with Crippen LogP contribution in [0.3, 0.4) is 0 Å². The van der Waals surface area contributed by atoms with E-state index in [0.29, 0.717) is 35.0 Å². The molecule has 2 unspecified atom stereocenters. The number of piperazine rings is 1. The molecule has 0 amide bonds. The lowest BCUT2D eigenvalue weighted by Crippen LogP contribution is -2.57. The highest BCUT2D eigenvalue weighted by Gasteiger charge is 2.33. The first-order valence-electron chi connectivity index (χ1n) is 12.5. The number of rotatable bonds is 7. The number of aromatic amines is 1. The number of imidazole rings is 1. The Hall–Kier alpha value is -3.24. The molecule has 10 nitrogen and oxygen atoms in total. The Kier molecular flexibility index (Phi) is 6.81. The van der Waals surface area contributed by atoms with Crippen LogP contribution >= 0.6 is 11.6 Å². The van der Waals surface area contributed by atoms with E-state index in [-0.39, 0.29) is 5.82 Å². The second-order valence-electron chi connectivity index (χ2n) is 9.43. The van der Waals surface area contributed by atoms with Gasteiger partial charge >= 0.3 is 5.76 Å².